The van der Waals surface area contributed by atoms with Crippen LogP contribution in [0, 0.1) is 0 Å². The maximum atomic E-state index is 11.2. The van der Waals surface area contributed by atoms with Gasteiger partial charge in [0, 0.05) is 4.75 Å². The topological polar surface area (TPSA) is 69.6 Å². The van der Waals surface area contributed by atoms with Gasteiger partial charge in [-0.3, -0.25) is 10.1 Å². The van der Waals surface area contributed by atoms with E-state index in [0.29, 0.717) is 0 Å². The summed E-state index contributed by atoms with van der Waals surface area (Å²) in [7, 11) is 0. The Kier molecular flexibility index (Phi) is 3.66. The molecule has 3 N–H and O–H groups in total. The highest BCUT2D eigenvalue weighted by Crippen LogP contribution is 2.45. The van der Waals surface area contributed by atoms with E-state index in [2.05, 4.69) is 5.32 Å². The molecule has 0 spiro atoms. The number of thioether (sulfide) groups is 1. The maximum absolute atomic E-state index is 11.2. The lowest BCUT2D eigenvalue weighted by Crippen LogP contribution is -2.43. The summed E-state index contributed by atoms with van der Waals surface area (Å²) in [6, 6.07) is 7.02. The van der Waals surface area contributed by atoms with Gasteiger partial charge in [0.1, 0.15) is 6.04 Å². The zero-order valence-corrected chi connectivity index (χ0v) is 11.2. The third-order valence-corrected chi connectivity index (χ3v) is 4.63. The Bertz CT molecular complexity index is 444. The van der Waals surface area contributed by atoms with Crippen molar-refractivity contribution in [2.75, 3.05) is 0 Å². The first-order valence-corrected chi connectivity index (χ1v) is 6.68. The Morgan fingerprint density at radius 2 is 2.00 bits per heavy atom. The summed E-state index contributed by atoms with van der Waals surface area (Å²) in [4.78, 5) is 11.2. The summed E-state index contributed by atoms with van der Waals surface area (Å²) in [5, 5.41) is 21.3. The minimum atomic E-state index is -0.818. The van der Waals surface area contributed by atoms with Crippen molar-refractivity contribution in [2.45, 2.75) is 36.6 Å². The first-order chi connectivity index (χ1) is 8.44. The minimum absolute atomic E-state index is 0.0196. The van der Waals surface area contributed by atoms with Crippen molar-refractivity contribution in [3.05, 3.63) is 35.4 Å². The van der Waals surface area contributed by atoms with E-state index in [9.17, 15) is 9.90 Å². The van der Waals surface area contributed by atoms with Gasteiger partial charge in [-0.15, -0.1) is 11.8 Å². The van der Waals surface area contributed by atoms with Crippen molar-refractivity contribution >= 4 is 17.7 Å². The van der Waals surface area contributed by atoms with Crippen molar-refractivity contribution in [2.24, 2.45) is 0 Å². The van der Waals surface area contributed by atoms with Crippen LogP contribution in [0.15, 0.2) is 24.3 Å². The third-order valence-electron chi connectivity index (χ3n) is 3.15. The molecule has 0 aromatic heterocycles. The smallest absolute Gasteiger partial charge is 0.322 e. The number of hydrogen-bond acceptors (Lipinski definition) is 4. The Morgan fingerprint density at radius 1 is 1.39 bits per heavy atom. The molecule has 18 heavy (non-hydrogen) atoms. The molecular formula is C13H17NO3S. The molecule has 1 saturated heterocycles. The second-order valence-corrected chi connectivity index (χ2v) is 6.70. The lowest BCUT2D eigenvalue weighted by atomic mass is 10.0. The van der Waals surface area contributed by atoms with Gasteiger partial charge in [-0.25, -0.2) is 0 Å². The van der Waals surface area contributed by atoms with Gasteiger partial charge < -0.3 is 10.2 Å². The van der Waals surface area contributed by atoms with Crippen LogP contribution in [-0.2, 0) is 11.4 Å². The van der Waals surface area contributed by atoms with Crippen LogP contribution < -0.4 is 5.32 Å². The summed E-state index contributed by atoms with van der Waals surface area (Å²) < 4.78 is -0.341. The standard InChI is InChI=1S/C13H17NO3S/c1-13(2)10(12(16)17)14-11(18-13)9-5-3-8(7-15)4-6-9/h3-6,10-11,14-15H,7H2,1-2H3,(H,16,17)/t10-,11?/m0/s1. The van der Waals surface area contributed by atoms with Crippen LogP contribution >= 0.6 is 11.8 Å². The van der Waals surface area contributed by atoms with Gasteiger partial charge in [-0.1, -0.05) is 24.3 Å². The predicted molar refractivity (Wildman–Crippen MR) is 71.3 cm³/mol. The third kappa shape index (κ3) is 2.53. The fraction of sp³-hybridized carbons (Fsp3) is 0.462. The lowest BCUT2D eigenvalue weighted by molar-refractivity contribution is -0.139. The van der Waals surface area contributed by atoms with E-state index in [4.69, 9.17) is 5.11 Å². The number of aliphatic hydroxyl groups excluding tert-OH is 1. The molecule has 1 aliphatic heterocycles. The summed E-state index contributed by atoms with van der Waals surface area (Å²) >= 11 is 1.62. The monoisotopic (exact) mass is 267 g/mol. The highest BCUT2D eigenvalue weighted by atomic mass is 32.2. The van der Waals surface area contributed by atoms with E-state index in [1.165, 1.54) is 0 Å². The quantitative estimate of drug-likeness (QED) is 0.778. The molecule has 2 atom stereocenters. The zero-order chi connectivity index (χ0) is 13.3. The molecular weight excluding hydrogens is 250 g/mol. The summed E-state index contributed by atoms with van der Waals surface area (Å²) in [5.41, 5.74) is 1.89. The van der Waals surface area contributed by atoms with Crippen molar-refractivity contribution in [1.82, 2.24) is 5.32 Å². The maximum Gasteiger partial charge on any atom is 0.322 e. The first-order valence-electron chi connectivity index (χ1n) is 5.80. The molecule has 1 unspecified atom stereocenters. The zero-order valence-electron chi connectivity index (χ0n) is 10.4. The first kappa shape index (κ1) is 13.4. The molecule has 0 bridgehead atoms. The molecule has 5 heteroatoms. The van der Waals surface area contributed by atoms with Gasteiger partial charge in [0.2, 0.25) is 0 Å². The van der Waals surface area contributed by atoms with Crippen LogP contribution in [-0.4, -0.2) is 27.0 Å². The van der Waals surface area contributed by atoms with Crippen molar-refractivity contribution < 1.29 is 15.0 Å². The van der Waals surface area contributed by atoms with Crippen LogP contribution in [0.2, 0.25) is 0 Å². The molecule has 0 saturated carbocycles. The van der Waals surface area contributed by atoms with E-state index < -0.39 is 12.0 Å². The molecule has 1 fully saturated rings. The molecule has 1 aliphatic rings. The van der Waals surface area contributed by atoms with E-state index in [1.54, 1.807) is 11.8 Å². The fourth-order valence-electron chi connectivity index (χ4n) is 2.09. The van der Waals surface area contributed by atoms with Gasteiger partial charge in [0.15, 0.2) is 0 Å². The molecule has 1 aromatic carbocycles. The Morgan fingerprint density at radius 3 is 2.44 bits per heavy atom. The molecule has 0 amide bonds. The number of carbonyl (C=O) groups is 1. The normalized spacial score (nSPS) is 26.2. The molecule has 1 heterocycles. The Hall–Kier alpha value is -1.04. The lowest BCUT2D eigenvalue weighted by Gasteiger charge is -2.20. The fourth-order valence-corrected chi connectivity index (χ4v) is 3.50. The van der Waals surface area contributed by atoms with Crippen LogP contribution in [0.3, 0.4) is 0 Å². The summed E-state index contributed by atoms with van der Waals surface area (Å²) in [6.45, 7) is 3.89. The van der Waals surface area contributed by atoms with Crippen molar-refractivity contribution in [3.63, 3.8) is 0 Å². The molecule has 1 aromatic rings. The number of aliphatic carboxylic acids is 1. The van der Waals surface area contributed by atoms with Crippen molar-refractivity contribution in [3.8, 4) is 0 Å². The highest BCUT2D eigenvalue weighted by molar-refractivity contribution is 8.01. The van der Waals surface area contributed by atoms with E-state index in [-0.39, 0.29) is 16.7 Å². The number of nitrogens with one attached hydrogen (secondary N) is 1. The number of carboxylic acids is 1. The number of benzene rings is 1. The van der Waals surface area contributed by atoms with Gasteiger partial charge in [-0.2, -0.15) is 0 Å². The van der Waals surface area contributed by atoms with E-state index in [1.807, 2.05) is 38.1 Å². The number of rotatable bonds is 3. The highest BCUT2D eigenvalue weighted by Gasteiger charge is 2.45. The average molecular weight is 267 g/mol. The molecule has 2 rings (SSSR count). The predicted octanol–water partition coefficient (Wildman–Crippen LogP) is 1.75. The SMILES string of the molecule is CC1(C)SC(c2ccc(CO)cc2)N[C@H]1C(=O)O. The molecule has 0 radical (unpaired) electrons. The van der Waals surface area contributed by atoms with Gasteiger partial charge in [0.25, 0.3) is 0 Å². The summed E-state index contributed by atoms with van der Waals surface area (Å²) in [5.74, 6) is -0.818. The largest absolute Gasteiger partial charge is 0.480 e. The van der Waals surface area contributed by atoms with Crippen LogP contribution in [0.25, 0.3) is 0 Å². The van der Waals surface area contributed by atoms with Crippen LogP contribution in [0.1, 0.15) is 30.3 Å². The van der Waals surface area contributed by atoms with E-state index >= 15 is 0 Å². The molecule has 4 nitrogen and oxygen atoms in total. The second kappa shape index (κ2) is 4.91. The number of aliphatic hydroxyl groups is 1. The van der Waals surface area contributed by atoms with Gasteiger partial charge in [-0.05, 0) is 25.0 Å². The summed E-state index contributed by atoms with van der Waals surface area (Å²) in [6.07, 6.45) is 0. The second-order valence-electron chi connectivity index (χ2n) is 4.94. The number of hydrogen-bond donors (Lipinski definition) is 3. The molecule has 0 aliphatic carbocycles. The van der Waals surface area contributed by atoms with Crippen LogP contribution in [0.5, 0.6) is 0 Å². The average Bonchev–Trinajstić information content (AvgIpc) is 2.65. The van der Waals surface area contributed by atoms with Crippen LogP contribution in [0.4, 0.5) is 0 Å². The van der Waals surface area contributed by atoms with Gasteiger partial charge >= 0.3 is 5.97 Å². The number of carboxylic acid groups (broad SMARTS) is 1. The Balaban J connectivity index is 2.18. The van der Waals surface area contributed by atoms with Gasteiger partial charge in [0.05, 0.1) is 12.0 Å². The van der Waals surface area contributed by atoms with Crippen molar-refractivity contribution in [1.29, 1.82) is 0 Å². The minimum Gasteiger partial charge on any atom is -0.480 e. The molecule has 98 valence electrons. The van der Waals surface area contributed by atoms with E-state index in [0.717, 1.165) is 11.1 Å². The Labute approximate surface area is 110 Å².